The molecule has 4 heteroatoms. The van der Waals surface area contributed by atoms with E-state index in [-0.39, 0.29) is 13.2 Å². The summed E-state index contributed by atoms with van der Waals surface area (Å²) in [4.78, 5) is 11.6. The molecule has 20 heavy (non-hydrogen) atoms. The van der Waals surface area contributed by atoms with E-state index in [2.05, 4.69) is 6.92 Å². The van der Waals surface area contributed by atoms with Crippen LogP contribution in [0, 0.1) is 0 Å². The van der Waals surface area contributed by atoms with Crippen molar-refractivity contribution in [3.05, 3.63) is 11.6 Å². The van der Waals surface area contributed by atoms with Crippen LogP contribution in [0.2, 0.25) is 0 Å². The molecule has 0 amide bonds. The summed E-state index contributed by atoms with van der Waals surface area (Å²) >= 11 is 0. The van der Waals surface area contributed by atoms with E-state index < -0.39 is 11.6 Å². The number of cyclic esters (lactones) is 1. The zero-order valence-electron chi connectivity index (χ0n) is 12.6. The topological polar surface area (TPSA) is 66.8 Å². The first-order chi connectivity index (χ1) is 9.67. The lowest BCUT2D eigenvalue weighted by Gasteiger charge is -2.21. The standard InChI is InChI=1S/C16H28O4/c1-2-3-4-5-6-7-8-9-10-14-11-16(12-17,13-18)20-15(14)19/h10,17-18H,2-9,11-13H2,1H3/b14-10+. The normalized spacial score (nSPS) is 19.6. The molecule has 1 aliphatic rings. The second-order valence-corrected chi connectivity index (χ2v) is 5.70. The van der Waals surface area contributed by atoms with E-state index in [1.807, 2.05) is 6.08 Å². The van der Waals surface area contributed by atoms with Crippen molar-refractivity contribution in [2.24, 2.45) is 0 Å². The second kappa shape index (κ2) is 9.14. The van der Waals surface area contributed by atoms with E-state index in [4.69, 9.17) is 4.74 Å². The molecule has 1 fully saturated rings. The summed E-state index contributed by atoms with van der Waals surface area (Å²) in [5.41, 5.74) is -0.498. The Morgan fingerprint density at radius 3 is 2.25 bits per heavy atom. The van der Waals surface area contributed by atoms with E-state index in [0.717, 1.165) is 12.8 Å². The molecule has 0 atom stereocenters. The van der Waals surface area contributed by atoms with Crippen LogP contribution >= 0.6 is 0 Å². The number of ether oxygens (including phenoxy) is 1. The Hall–Kier alpha value is -0.870. The number of rotatable bonds is 10. The molecule has 1 heterocycles. The molecule has 0 saturated carbocycles. The molecule has 2 N–H and O–H groups in total. The van der Waals surface area contributed by atoms with Crippen LogP contribution in [-0.2, 0) is 9.53 Å². The fraction of sp³-hybridized carbons (Fsp3) is 0.812. The largest absolute Gasteiger partial charge is 0.450 e. The van der Waals surface area contributed by atoms with Crippen molar-refractivity contribution in [3.8, 4) is 0 Å². The minimum Gasteiger partial charge on any atom is -0.450 e. The third kappa shape index (κ3) is 5.25. The van der Waals surface area contributed by atoms with Crippen molar-refractivity contribution >= 4 is 5.97 Å². The Bertz CT molecular complexity index is 318. The van der Waals surface area contributed by atoms with Gasteiger partial charge in [0.2, 0.25) is 0 Å². The van der Waals surface area contributed by atoms with Crippen LogP contribution in [-0.4, -0.2) is 35.0 Å². The summed E-state index contributed by atoms with van der Waals surface area (Å²) in [6.45, 7) is 1.56. The van der Waals surface area contributed by atoms with E-state index in [9.17, 15) is 15.0 Å². The van der Waals surface area contributed by atoms with Crippen molar-refractivity contribution < 1.29 is 19.7 Å². The summed E-state index contributed by atoms with van der Waals surface area (Å²) < 4.78 is 5.08. The third-order valence-electron chi connectivity index (χ3n) is 3.86. The minimum atomic E-state index is -1.09. The van der Waals surface area contributed by atoms with Gasteiger partial charge in [0.1, 0.15) is 0 Å². The van der Waals surface area contributed by atoms with Crippen molar-refractivity contribution in [3.63, 3.8) is 0 Å². The summed E-state index contributed by atoms with van der Waals surface area (Å²) in [6, 6.07) is 0. The van der Waals surface area contributed by atoms with Crippen molar-refractivity contribution in [1.82, 2.24) is 0 Å². The molecular weight excluding hydrogens is 256 g/mol. The lowest BCUT2D eigenvalue weighted by atomic mass is 9.98. The van der Waals surface area contributed by atoms with Crippen LogP contribution in [0.1, 0.15) is 64.7 Å². The van der Waals surface area contributed by atoms with E-state index in [1.165, 1.54) is 38.5 Å². The fourth-order valence-corrected chi connectivity index (χ4v) is 2.48. The van der Waals surface area contributed by atoms with Crippen molar-refractivity contribution in [2.75, 3.05) is 13.2 Å². The van der Waals surface area contributed by atoms with Crippen LogP contribution in [0.5, 0.6) is 0 Å². The third-order valence-corrected chi connectivity index (χ3v) is 3.86. The molecule has 1 saturated heterocycles. The SMILES string of the molecule is CCCCCCCCC/C=C1\CC(CO)(CO)OC1=O. The average Bonchev–Trinajstić information content (AvgIpc) is 2.79. The Morgan fingerprint density at radius 2 is 1.70 bits per heavy atom. The monoisotopic (exact) mass is 284 g/mol. The Labute approximate surface area is 121 Å². The highest BCUT2D eigenvalue weighted by atomic mass is 16.6. The number of allylic oxidation sites excluding steroid dienone is 1. The number of hydrogen-bond acceptors (Lipinski definition) is 4. The van der Waals surface area contributed by atoms with Gasteiger partial charge in [-0.3, -0.25) is 0 Å². The first-order valence-corrected chi connectivity index (χ1v) is 7.81. The number of carbonyl (C=O) groups is 1. The van der Waals surface area contributed by atoms with Gasteiger partial charge in [0, 0.05) is 12.0 Å². The van der Waals surface area contributed by atoms with E-state index >= 15 is 0 Å². The highest BCUT2D eigenvalue weighted by molar-refractivity contribution is 5.91. The lowest BCUT2D eigenvalue weighted by Crippen LogP contribution is -2.37. The van der Waals surface area contributed by atoms with Gasteiger partial charge in [-0.25, -0.2) is 4.79 Å². The highest BCUT2D eigenvalue weighted by Crippen LogP contribution is 2.30. The summed E-state index contributed by atoms with van der Waals surface area (Å²) in [5, 5.41) is 18.4. The highest BCUT2D eigenvalue weighted by Gasteiger charge is 2.42. The summed E-state index contributed by atoms with van der Waals surface area (Å²) in [5.74, 6) is -0.393. The number of unbranched alkanes of at least 4 members (excludes halogenated alkanes) is 7. The van der Waals surface area contributed by atoms with Gasteiger partial charge in [-0.2, -0.15) is 0 Å². The van der Waals surface area contributed by atoms with Gasteiger partial charge in [-0.05, 0) is 12.8 Å². The van der Waals surface area contributed by atoms with Crippen molar-refractivity contribution in [2.45, 2.75) is 70.3 Å². The van der Waals surface area contributed by atoms with Crippen LogP contribution < -0.4 is 0 Å². The molecule has 4 nitrogen and oxygen atoms in total. The second-order valence-electron chi connectivity index (χ2n) is 5.70. The predicted octanol–water partition coefficient (Wildman–Crippen LogP) is 2.72. The molecule has 0 aromatic rings. The molecular formula is C16H28O4. The molecule has 116 valence electrons. The van der Waals surface area contributed by atoms with Gasteiger partial charge in [0.15, 0.2) is 5.60 Å². The van der Waals surface area contributed by atoms with Crippen molar-refractivity contribution in [1.29, 1.82) is 0 Å². The van der Waals surface area contributed by atoms with Gasteiger partial charge >= 0.3 is 5.97 Å². The Morgan fingerprint density at radius 1 is 1.10 bits per heavy atom. The van der Waals surface area contributed by atoms with Gasteiger partial charge in [0.25, 0.3) is 0 Å². The van der Waals surface area contributed by atoms with Crippen LogP contribution in [0.15, 0.2) is 11.6 Å². The molecule has 1 rings (SSSR count). The van der Waals surface area contributed by atoms with E-state index in [1.54, 1.807) is 0 Å². The van der Waals surface area contributed by atoms with Gasteiger partial charge in [-0.15, -0.1) is 0 Å². The number of esters is 1. The quantitative estimate of drug-likeness (QED) is 0.368. The average molecular weight is 284 g/mol. The van der Waals surface area contributed by atoms with Crippen LogP contribution in [0.25, 0.3) is 0 Å². The molecule has 0 bridgehead atoms. The number of aliphatic hydroxyl groups is 2. The molecule has 1 aliphatic heterocycles. The number of carbonyl (C=O) groups excluding carboxylic acids is 1. The number of hydrogen-bond donors (Lipinski definition) is 2. The first-order valence-electron chi connectivity index (χ1n) is 7.81. The molecule has 0 aromatic heterocycles. The van der Waals surface area contributed by atoms with Gasteiger partial charge in [-0.1, -0.05) is 51.5 Å². The Kier molecular flexibility index (Phi) is 7.85. The Balaban J connectivity index is 2.21. The number of aliphatic hydroxyl groups excluding tert-OH is 2. The maximum Gasteiger partial charge on any atom is 0.334 e. The molecule has 0 spiro atoms. The minimum absolute atomic E-state index is 0.315. The van der Waals surface area contributed by atoms with Crippen LogP contribution in [0.4, 0.5) is 0 Å². The summed E-state index contributed by atoms with van der Waals surface area (Å²) in [6.07, 6.45) is 11.8. The van der Waals surface area contributed by atoms with Gasteiger partial charge < -0.3 is 14.9 Å². The maximum atomic E-state index is 11.6. The van der Waals surface area contributed by atoms with Gasteiger partial charge in [0.05, 0.1) is 13.2 Å². The summed E-state index contributed by atoms with van der Waals surface area (Å²) in [7, 11) is 0. The molecule has 0 radical (unpaired) electrons. The zero-order valence-corrected chi connectivity index (χ0v) is 12.6. The smallest absolute Gasteiger partial charge is 0.334 e. The zero-order chi connectivity index (χ0) is 14.8. The molecule has 0 unspecified atom stereocenters. The first kappa shape index (κ1) is 17.2. The van der Waals surface area contributed by atoms with E-state index in [0.29, 0.717) is 12.0 Å². The lowest BCUT2D eigenvalue weighted by molar-refractivity contribution is -0.154. The fourth-order valence-electron chi connectivity index (χ4n) is 2.48. The predicted molar refractivity (Wildman–Crippen MR) is 78.3 cm³/mol. The maximum absolute atomic E-state index is 11.6. The molecule has 0 aromatic carbocycles. The van der Waals surface area contributed by atoms with Crippen LogP contribution in [0.3, 0.4) is 0 Å². The molecule has 0 aliphatic carbocycles.